The Hall–Kier alpha value is -1.63. The Kier molecular flexibility index (Phi) is 4.51. The maximum atomic E-state index is 13.0. The minimum atomic E-state index is -4.58. The Labute approximate surface area is 125 Å². The predicted octanol–water partition coefficient (Wildman–Crippen LogP) is 3.47. The molecular weight excluding hydrogens is 301 g/mol. The highest BCUT2D eigenvalue weighted by Gasteiger charge is 2.34. The molecule has 21 heavy (non-hydrogen) atoms. The molecule has 114 valence electrons. The number of nitrogens with two attached hydrogens (primary N) is 1. The van der Waals surface area contributed by atoms with Gasteiger partial charge in [-0.2, -0.15) is 13.2 Å². The van der Waals surface area contributed by atoms with Gasteiger partial charge in [-0.15, -0.1) is 0 Å². The number of hydrogen-bond acceptors (Lipinski definition) is 2. The number of amides is 1. The van der Waals surface area contributed by atoms with E-state index in [0.29, 0.717) is 0 Å². The minimum Gasteiger partial charge on any atom is -0.389 e. The van der Waals surface area contributed by atoms with E-state index < -0.39 is 11.7 Å². The SMILES string of the molecule is NC(=S)c1ccc(NC(=O)C2CCCC2)cc1C(F)(F)F. The molecule has 0 aliphatic heterocycles. The Morgan fingerprint density at radius 3 is 2.43 bits per heavy atom. The molecule has 2 rings (SSSR count). The second-order valence-corrected chi connectivity index (χ2v) is 5.53. The number of halogens is 3. The van der Waals surface area contributed by atoms with Gasteiger partial charge in [-0.3, -0.25) is 4.79 Å². The van der Waals surface area contributed by atoms with Crippen molar-refractivity contribution < 1.29 is 18.0 Å². The lowest BCUT2D eigenvalue weighted by Gasteiger charge is -2.15. The molecule has 1 amide bonds. The monoisotopic (exact) mass is 316 g/mol. The van der Waals surface area contributed by atoms with Gasteiger partial charge in [0.05, 0.1) is 5.56 Å². The van der Waals surface area contributed by atoms with Crippen LogP contribution in [0, 0.1) is 5.92 Å². The van der Waals surface area contributed by atoms with Crippen molar-refractivity contribution in [2.45, 2.75) is 31.9 Å². The van der Waals surface area contributed by atoms with Crippen molar-refractivity contribution in [2.24, 2.45) is 11.7 Å². The smallest absolute Gasteiger partial charge is 0.389 e. The summed E-state index contributed by atoms with van der Waals surface area (Å²) in [5, 5.41) is 2.54. The zero-order valence-electron chi connectivity index (χ0n) is 11.2. The molecule has 7 heteroatoms. The van der Waals surface area contributed by atoms with Crippen molar-refractivity contribution in [2.75, 3.05) is 5.32 Å². The molecule has 3 N–H and O–H groups in total. The first-order valence-electron chi connectivity index (χ1n) is 6.61. The van der Waals surface area contributed by atoms with Crippen LogP contribution in [0.5, 0.6) is 0 Å². The first-order chi connectivity index (χ1) is 9.79. The number of benzene rings is 1. The molecule has 0 bridgehead atoms. The van der Waals surface area contributed by atoms with Crippen LogP contribution in [-0.4, -0.2) is 10.9 Å². The number of thiocarbonyl (C=S) groups is 1. The molecule has 3 nitrogen and oxygen atoms in total. The molecule has 0 saturated heterocycles. The van der Waals surface area contributed by atoms with Crippen molar-refractivity contribution in [3.63, 3.8) is 0 Å². The van der Waals surface area contributed by atoms with Crippen LogP contribution in [0.25, 0.3) is 0 Å². The largest absolute Gasteiger partial charge is 0.417 e. The van der Waals surface area contributed by atoms with Crippen molar-refractivity contribution >= 4 is 28.8 Å². The molecule has 0 unspecified atom stereocenters. The molecule has 0 heterocycles. The minimum absolute atomic E-state index is 0.110. The number of alkyl halides is 3. The topological polar surface area (TPSA) is 55.1 Å². The summed E-state index contributed by atoms with van der Waals surface area (Å²) in [4.78, 5) is 11.6. The van der Waals surface area contributed by atoms with Gasteiger partial charge in [0.2, 0.25) is 5.91 Å². The maximum Gasteiger partial charge on any atom is 0.417 e. The number of hydrogen-bond donors (Lipinski definition) is 2. The quantitative estimate of drug-likeness (QED) is 0.840. The van der Waals surface area contributed by atoms with Crippen LogP contribution in [0.4, 0.5) is 18.9 Å². The van der Waals surface area contributed by atoms with Gasteiger partial charge in [-0.05, 0) is 31.0 Å². The van der Waals surface area contributed by atoms with Gasteiger partial charge in [0.1, 0.15) is 4.99 Å². The molecule has 1 aliphatic rings. The fourth-order valence-corrected chi connectivity index (χ4v) is 2.68. The highest BCUT2D eigenvalue weighted by molar-refractivity contribution is 7.80. The fourth-order valence-electron chi connectivity index (χ4n) is 2.50. The van der Waals surface area contributed by atoms with Gasteiger partial charge in [0.25, 0.3) is 0 Å². The Balaban J connectivity index is 2.25. The summed E-state index contributed by atoms with van der Waals surface area (Å²) < 4.78 is 39.0. The third-order valence-electron chi connectivity index (χ3n) is 3.58. The summed E-state index contributed by atoms with van der Waals surface area (Å²) in [6.07, 6.45) is -1.06. The maximum absolute atomic E-state index is 13.0. The second kappa shape index (κ2) is 6.01. The van der Waals surface area contributed by atoms with E-state index in [4.69, 9.17) is 5.73 Å². The average molecular weight is 316 g/mol. The first-order valence-corrected chi connectivity index (χ1v) is 7.02. The van der Waals surface area contributed by atoms with Crippen LogP contribution in [0.1, 0.15) is 36.8 Å². The van der Waals surface area contributed by atoms with Crippen LogP contribution in [0.2, 0.25) is 0 Å². The van der Waals surface area contributed by atoms with E-state index in [9.17, 15) is 18.0 Å². The Morgan fingerprint density at radius 1 is 1.29 bits per heavy atom. The van der Waals surface area contributed by atoms with E-state index in [-0.39, 0.29) is 28.1 Å². The lowest BCUT2D eigenvalue weighted by atomic mass is 10.0. The summed E-state index contributed by atoms with van der Waals surface area (Å²) in [5.41, 5.74) is 4.25. The molecule has 1 aliphatic carbocycles. The average Bonchev–Trinajstić information content (AvgIpc) is 2.91. The molecule has 1 aromatic rings. The highest BCUT2D eigenvalue weighted by atomic mass is 32.1. The lowest BCUT2D eigenvalue weighted by Crippen LogP contribution is -2.22. The van der Waals surface area contributed by atoms with Crippen LogP contribution < -0.4 is 11.1 Å². The number of anilines is 1. The van der Waals surface area contributed by atoms with E-state index in [1.165, 1.54) is 12.1 Å². The van der Waals surface area contributed by atoms with Crippen LogP contribution in [-0.2, 0) is 11.0 Å². The van der Waals surface area contributed by atoms with Gasteiger partial charge in [0, 0.05) is 17.2 Å². The number of carbonyl (C=O) groups excluding carboxylic acids is 1. The summed E-state index contributed by atoms with van der Waals surface area (Å²) in [5.74, 6) is -0.349. The van der Waals surface area contributed by atoms with Gasteiger partial charge in [0.15, 0.2) is 0 Å². The molecule has 0 aromatic heterocycles. The van der Waals surface area contributed by atoms with E-state index in [1.807, 2.05) is 0 Å². The summed E-state index contributed by atoms with van der Waals surface area (Å²) in [6, 6.07) is 3.45. The van der Waals surface area contributed by atoms with Crippen molar-refractivity contribution in [3.05, 3.63) is 29.3 Å². The first kappa shape index (κ1) is 15.8. The van der Waals surface area contributed by atoms with Crippen molar-refractivity contribution in [1.29, 1.82) is 0 Å². The third kappa shape index (κ3) is 3.72. The summed E-state index contributed by atoms with van der Waals surface area (Å²) in [7, 11) is 0. The fraction of sp³-hybridized carbons (Fsp3) is 0.429. The third-order valence-corrected chi connectivity index (χ3v) is 3.80. The van der Waals surface area contributed by atoms with E-state index in [0.717, 1.165) is 31.7 Å². The Bertz CT molecular complexity index is 566. The van der Waals surface area contributed by atoms with Crippen molar-refractivity contribution in [3.8, 4) is 0 Å². The van der Waals surface area contributed by atoms with Gasteiger partial charge < -0.3 is 11.1 Å². The molecule has 0 atom stereocenters. The van der Waals surface area contributed by atoms with Crippen LogP contribution >= 0.6 is 12.2 Å². The molecular formula is C14H15F3N2OS. The molecule has 0 radical (unpaired) electrons. The van der Waals surface area contributed by atoms with Gasteiger partial charge in [-0.1, -0.05) is 25.1 Å². The van der Waals surface area contributed by atoms with E-state index in [2.05, 4.69) is 17.5 Å². The predicted molar refractivity (Wildman–Crippen MR) is 77.9 cm³/mol. The zero-order chi connectivity index (χ0) is 15.6. The number of rotatable bonds is 3. The van der Waals surface area contributed by atoms with Gasteiger partial charge in [-0.25, -0.2) is 0 Å². The Morgan fingerprint density at radius 2 is 1.90 bits per heavy atom. The normalized spacial score (nSPS) is 16.0. The second-order valence-electron chi connectivity index (χ2n) is 5.09. The van der Waals surface area contributed by atoms with Crippen LogP contribution in [0.3, 0.4) is 0 Å². The van der Waals surface area contributed by atoms with Crippen LogP contribution in [0.15, 0.2) is 18.2 Å². The summed E-state index contributed by atoms with van der Waals surface area (Å²) >= 11 is 4.63. The molecule has 1 fully saturated rings. The van der Waals surface area contributed by atoms with Crippen molar-refractivity contribution in [1.82, 2.24) is 0 Å². The standard InChI is InChI=1S/C14H15F3N2OS/c15-14(16,17)11-7-9(5-6-10(11)12(18)21)19-13(20)8-3-1-2-4-8/h5-8H,1-4H2,(H2,18,21)(H,19,20). The zero-order valence-corrected chi connectivity index (χ0v) is 12.0. The lowest BCUT2D eigenvalue weighted by molar-refractivity contribution is -0.137. The van der Waals surface area contributed by atoms with E-state index in [1.54, 1.807) is 0 Å². The number of carbonyl (C=O) groups is 1. The van der Waals surface area contributed by atoms with Gasteiger partial charge >= 0.3 is 6.18 Å². The highest BCUT2D eigenvalue weighted by Crippen LogP contribution is 2.34. The van der Waals surface area contributed by atoms with E-state index >= 15 is 0 Å². The molecule has 0 spiro atoms. The molecule has 1 aromatic carbocycles. The molecule has 1 saturated carbocycles. The summed E-state index contributed by atoms with van der Waals surface area (Å²) in [6.45, 7) is 0. The number of nitrogens with one attached hydrogen (secondary N) is 1.